The van der Waals surface area contributed by atoms with Crippen LogP contribution in [0.2, 0.25) is 0 Å². The molecule has 0 amide bonds. The summed E-state index contributed by atoms with van der Waals surface area (Å²) in [5.74, 6) is 2.71. The molecule has 1 N–H and O–H groups in total. The maximum Gasteiger partial charge on any atom is 0.182 e. The normalized spacial score (nSPS) is 14.5. The van der Waals surface area contributed by atoms with Crippen LogP contribution in [0.1, 0.15) is 24.1 Å². The van der Waals surface area contributed by atoms with Crippen molar-refractivity contribution in [3.8, 4) is 11.1 Å². The molecule has 1 fully saturated rings. The van der Waals surface area contributed by atoms with Gasteiger partial charge in [0, 0.05) is 37.0 Å². The molecule has 3 aromatic rings. The van der Waals surface area contributed by atoms with Gasteiger partial charge in [0.25, 0.3) is 0 Å². The van der Waals surface area contributed by atoms with Gasteiger partial charge in [-0.2, -0.15) is 0 Å². The fourth-order valence-electron chi connectivity index (χ4n) is 3.08. The first-order valence-corrected chi connectivity index (χ1v) is 11.6. The number of nitrogens with one attached hydrogen (secondary N) is 1. The summed E-state index contributed by atoms with van der Waals surface area (Å²) in [4.78, 5) is 6.77. The van der Waals surface area contributed by atoms with Crippen molar-refractivity contribution in [2.75, 3.05) is 45.7 Å². The highest BCUT2D eigenvalue weighted by molar-refractivity contribution is 7.77. The van der Waals surface area contributed by atoms with Crippen LogP contribution in [0.15, 0.2) is 53.9 Å². The zero-order chi connectivity index (χ0) is 22.6. The summed E-state index contributed by atoms with van der Waals surface area (Å²) in [6, 6.07) is 15.0. The van der Waals surface area contributed by atoms with E-state index in [0.717, 1.165) is 48.3 Å². The average Bonchev–Trinajstić information content (AvgIpc) is 3.31. The molecular weight excluding hydrogens is 429 g/mol. The summed E-state index contributed by atoms with van der Waals surface area (Å²) in [7, 11) is 3.96. The number of hydrogen-bond donors (Lipinski definition) is 1. The average molecular weight is 460 g/mol. The molecule has 0 radical (unpaired) electrons. The van der Waals surface area contributed by atoms with Crippen LogP contribution in [0.25, 0.3) is 11.1 Å². The van der Waals surface area contributed by atoms with Gasteiger partial charge in [-0.1, -0.05) is 61.6 Å². The van der Waals surface area contributed by atoms with Crippen LogP contribution in [0.4, 0.5) is 9.52 Å². The maximum atomic E-state index is 14.5. The van der Waals surface area contributed by atoms with Gasteiger partial charge in [-0.25, -0.2) is 9.37 Å². The Labute approximate surface area is 194 Å². The minimum absolute atomic E-state index is 0.0673. The summed E-state index contributed by atoms with van der Waals surface area (Å²) in [5.41, 5.74) is 3.42. The lowest BCUT2D eigenvalue weighted by atomic mass is 9.95. The van der Waals surface area contributed by atoms with E-state index in [1.54, 1.807) is 17.4 Å². The summed E-state index contributed by atoms with van der Waals surface area (Å²) < 4.78 is 19.6. The molecule has 4 nitrogen and oxygen atoms in total. The highest BCUT2D eigenvalue weighted by Gasteiger charge is 2.15. The van der Waals surface area contributed by atoms with Crippen molar-refractivity contribution in [2.45, 2.75) is 12.8 Å². The van der Waals surface area contributed by atoms with E-state index in [9.17, 15) is 4.39 Å². The Morgan fingerprint density at radius 3 is 2.35 bits per heavy atom. The van der Waals surface area contributed by atoms with Crippen LogP contribution in [0.5, 0.6) is 0 Å². The van der Waals surface area contributed by atoms with Crippen molar-refractivity contribution < 1.29 is 9.13 Å². The van der Waals surface area contributed by atoms with Crippen molar-refractivity contribution in [1.29, 1.82) is 0 Å². The predicted molar refractivity (Wildman–Crippen MR) is 134 cm³/mol. The third-order valence-electron chi connectivity index (χ3n) is 4.99. The van der Waals surface area contributed by atoms with Gasteiger partial charge in [0.2, 0.25) is 0 Å². The Kier molecular flexibility index (Phi) is 10.7. The van der Waals surface area contributed by atoms with E-state index < -0.39 is 0 Å². The SMILES string of the molecule is C=S.CN1CCOCC1.CNc1nc(C(C)c2ccc(-c3ccccc3)c(F)c2)cs1. The van der Waals surface area contributed by atoms with Crippen molar-refractivity contribution in [3.63, 3.8) is 0 Å². The van der Waals surface area contributed by atoms with Crippen LogP contribution >= 0.6 is 23.6 Å². The maximum absolute atomic E-state index is 14.5. The van der Waals surface area contributed by atoms with E-state index in [1.165, 1.54) is 0 Å². The first kappa shape index (κ1) is 25.1. The van der Waals surface area contributed by atoms with Gasteiger partial charge in [-0.3, -0.25) is 0 Å². The molecule has 2 aromatic carbocycles. The minimum atomic E-state index is -0.195. The second-order valence-electron chi connectivity index (χ2n) is 7.07. The Morgan fingerprint density at radius 2 is 1.84 bits per heavy atom. The number of morpholine rings is 1. The third-order valence-corrected chi connectivity index (χ3v) is 5.87. The van der Waals surface area contributed by atoms with Crippen LogP contribution in [-0.4, -0.2) is 56.2 Å². The number of thiocarbonyl (C=S) groups is 1. The first-order valence-electron chi connectivity index (χ1n) is 10.1. The first-order chi connectivity index (χ1) is 15.1. The minimum Gasteiger partial charge on any atom is -0.379 e. The van der Waals surface area contributed by atoms with Crippen molar-refractivity contribution >= 4 is 34.6 Å². The molecule has 0 aliphatic carbocycles. The van der Waals surface area contributed by atoms with Gasteiger partial charge in [0.05, 0.1) is 18.9 Å². The monoisotopic (exact) mass is 459 g/mol. The van der Waals surface area contributed by atoms with E-state index in [4.69, 9.17) is 4.74 Å². The molecule has 2 heterocycles. The summed E-state index contributed by atoms with van der Waals surface area (Å²) in [6.45, 7) is 6.07. The summed E-state index contributed by atoms with van der Waals surface area (Å²) >= 11 is 5.39. The molecule has 1 aliphatic rings. The number of benzene rings is 2. The third kappa shape index (κ3) is 7.47. The molecule has 1 aromatic heterocycles. The lowest BCUT2D eigenvalue weighted by molar-refractivity contribution is 0.0503. The Bertz CT molecular complexity index is 914. The van der Waals surface area contributed by atoms with Crippen LogP contribution in [0, 0.1) is 5.82 Å². The van der Waals surface area contributed by atoms with Crippen LogP contribution in [-0.2, 0) is 4.74 Å². The number of ether oxygens (including phenoxy) is 1. The number of thiazole rings is 1. The molecule has 0 bridgehead atoms. The molecule has 0 saturated carbocycles. The Morgan fingerprint density at radius 1 is 1.16 bits per heavy atom. The van der Waals surface area contributed by atoms with Gasteiger partial charge >= 0.3 is 0 Å². The Balaban J connectivity index is 0.000000319. The molecule has 7 heteroatoms. The molecule has 1 unspecified atom stereocenters. The van der Waals surface area contributed by atoms with Crippen LogP contribution in [0.3, 0.4) is 0 Å². The lowest BCUT2D eigenvalue weighted by Gasteiger charge is -2.21. The van der Waals surface area contributed by atoms with E-state index in [0.29, 0.717) is 5.56 Å². The van der Waals surface area contributed by atoms with Gasteiger partial charge < -0.3 is 15.0 Å². The second kappa shape index (κ2) is 13.3. The zero-order valence-electron chi connectivity index (χ0n) is 18.3. The highest BCUT2D eigenvalue weighted by atomic mass is 32.1. The number of halogens is 1. The molecule has 31 heavy (non-hydrogen) atoms. The van der Waals surface area contributed by atoms with E-state index in [2.05, 4.69) is 40.3 Å². The number of hydrogen-bond acceptors (Lipinski definition) is 6. The van der Waals surface area contributed by atoms with Crippen molar-refractivity contribution in [2.24, 2.45) is 0 Å². The van der Waals surface area contributed by atoms with Crippen molar-refractivity contribution in [3.05, 3.63) is 71.0 Å². The second-order valence-corrected chi connectivity index (χ2v) is 7.93. The van der Waals surface area contributed by atoms with Crippen molar-refractivity contribution in [1.82, 2.24) is 9.88 Å². The molecule has 166 valence electrons. The molecule has 4 rings (SSSR count). The fraction of sp³-hybridized carbons (Fsp3) is 0.333. The molecule has 1 aliphatic heterocycles. The standard InChI is InChI=1S/C18H17FN2S.C5H11NO.CH2S/c1-12(17-11-22-18(20-2)21-17)14-8-9-15(16(19)10-14)13-6-4-3-5-7-13;1-6-2-4-7-5-3-6;1-2/h3-12H,1-2H3,(H,20,21);2-5H2,1H3;1H2. The summed E-state index contributed by atoms with van der Waals surface area (Å²) in [5, 5.41) is 5.92. The number of likely N-dealkylation sites (N-methyl/N-ethyl adjacent to an activating group) is 1. The molecular formula is C24H30FN3OS2. The number of nitrogens with zero attached hydrogens (tertiary/aromatic N) is 2. The number of aromatic nitrogens is 1. The van der Waals surface area contributed by atoms with E-state index in [-0.39, 0.29) is 11.7 Å². The number of anilines is 1. The van der Waals surface area contributed by atoms with Crippen LogP contribution < -0.4 is 5.32 Å². The smallest absolute Gasteiger partial charge is 0.182 e. The van der Waals surface area contributed by atoms with E-state index >= 15 is 0 Å². The van der Waals surface area contributed by atoms with Gasteiger partial charge in [0.1, 0.15) is 5.82 Å². The zero-order valence-corrected chi connectivity index (χ0v) is 19.9. The van der Waals surface area contributed by atoms with Gasteiger partial charge in [-0.15, -0.1) is 11.3 Å². The predicted octanol–water partition coefficient (Wildman–Crippen LogP) is 5.71. The van der Waals surface area contributed by atoms with Gasteiger partial charge in [-0.05, 0) is 30.1 Å². The number of rotatable bonds is 4. The van der Waals surface area contributed by atoms with E-state index in [1.807, 2.05) is 61.8 Å². The fourth-order valence-corrected chi connectivity index (χ4v) is 3.84. The molecule has 1 atom stereocenters. The topological polar surface area (TPSA) is 37.4 Å². The summed E-state index contributed by atoms with van der Waals surface area (Å²) in [6.07, 6.45) is 0. The molecule has 0 spiro atoms. The Hall–Kier alpha value is -2.19. The lowest BCUT2D eigenvalue weighted by Crippen LogP contribution is -2.32. The highest BCUT2D eigenvalue weighted by Crippen LogP contribution is 2.30. The quantitative estimate of drug-likeness (QED) is 0.506. The largest absolute Gasteiger partial charge is 0.379 e. The molecule has 1 saturated heterocycles. The van der Waals surface area contributed by atoms with Gasteiger partial charge in [0.15, 0.2) is 5.13 Å².